The molecule has 4 N–H and O–H groups in total. The maximum Gasteiger partial charge on any atom is 0.326 e. The average Bonchev–Trinajstić information content (AvgIpc) is 2.38. The van der Waals surface area contributed by atoms with Crippen molar-refractivity contribution in [3.63, 3.8) is 0 Å². The highest BCUT2D eigenvalue weighted by molar-refractivity contribution is 5.93. The van der Waals surface area contributed by atoms with E-state index in [1.807, 2.05) is 13.0 Å². The predicted octanol–water partition coefficient (Wildman–Crippen LogP) is 0.961. The lowest BCUT2D eigenvalue weighted by Crippen LogP contribution is -2.43. The van der Waals surface area contributed by atoms with E-state index >= 15 is 0 Å². The van der Waals surface area contributed by atoms with Crippen molar-refractivity contribution in [2.75, 3.05) is 19.0 Å². The van der Waals surface area contributed by atoms with Gasteiger partial charge in [0.05, 0.1) is 12.8 Å². The number of urea groups is 1. The Morgan fingerprint density at radius 1 is 1.40 bits per heavy atom. The number of carboxylic acids is 1. The summed E-state index contributed by atoms with van der Waals surface area (Å²) in [5.41, 5.74) is 1.37. The fourth-order valence-corrected chi connectivity index (χ4v) is 1.62. The number of carbonyl (C=O) groups is 2. The third-order valence-electron chi connectivity index (χ3n) is 2.62. The molecule has 1 unspecified atom stereocenters. The highest BCUT2D eigenvalue weighted by Gasteiger charge is 2.19. The maximum absolute atomic E-state index is 11.8. The minimum Gasteiger partial charge on any atom is -0.495 e. The molecule has 2 amide bonds. The number of nitrogens with one attached hydrogen (secondary N) is 2. The topological polar surface area (TPSA) is 108 Å². The van der Waals surface area contributed by atoms with E-state index in [9.17, 15) is 9.59 Å². The van der Waals surface area contributed by atoms with Gasteiger partial charge in [0.1, 0.15) is 11.8 Å². The van der Waals surface area contributed by atoms with Gasteiger partial charge in [-0.05, 0) is 24.6 Å². The summed E-state index contributed by atoms with van der Waals surface area (Å²) in [6, 6.07) is 3.42. The minimum absolute atomic E-state index is 0.0618. The van der Waals surface area contributed by atoms with Crippen LogP contribution in [0.2, 0.25) is 0 Å². The number of benzene rings is 1. The molecule has 0 aliphatic heterocycles. The zero-order valence-corrected chi connectivity index (χ0v) is 11.3. The lowest BCUT2D eigenvalue weighted by Gasteiger charge is -2.15. The van der Waals surface area contributed by atoms with E-state index in [2.05, 4.69) is 10.6 Å². The normalized spacial score (nSPS) is 11.6. The average molecular weight is 282 g/mol. The van der Waals surface area contributed by atoms with E-state index in [1.165, 1.54) is 7.11 Å². The molecule has 7 heteroatoms. The largest absolute Gasteiger partial charge is 0.495 e. The number of aliphatic carboxylic acids is 1. The zero-order valence-electron chi connectivity index (χ0n) is 11.3. The molecule has 0 bridgehead atoms. The van der Waals surface area contributed by atoms with Gasteiger partial charge in [0, 0.05) is 13.0 Å². The lowest BCUT2D eigenvalue weighted by atomic mass is 10.2. The molecule has 110 valence electrons. The molecule has 7 nitrogen and oxygen atoms in total. The van der Waals surface area contributed by atoms with Crippen molar-refractivity contribution in [2.24, 2.45) is 0 Å². The first kappa shape index (κ1) is 15.8. The van der Waals surface area contributed by atoms with Gasteiger partial charge in [-0.1, -0.05) is 6.07 Å². The molecule has 0 aromatic heterocycles. The molecule has 0 aliphatic carbocycles. The standard InChI is InChI=1S/C13H18N2O5/c1-8-3-4-11(20-2)10(7-8)15-13(19)14-9(5-6-16)12(17)18/h3-4,7,9,16H,5-6H2,1-2H3,(H,17,18)(H2,14,15,19). The highest BCUT2D eigenvalue weighted by Crippen LogP contribution is 2.24. The van der Waals surface area contributed by atoms with E-state index in [1.54, 1.807) is 12.1 Å². The van der Waals surface area contributed by atoms with E-state index < -0.39 is 18.0 Å². The highest BCUT2D eigenvalue weighted by atomic mass is 16.5. The Balaban J connectivity index is 2.75. The molecule has 0 heterocycles. The van der Waals surface area contributed by atoms with Gasteiger partial charge in [0.25, 0.3) is 0 Å². The summed E-state index contributed by atoms with van der Waals surface area (Å²) < 4.78 is 5.10. The number of ether oxygens (including phenoxy) is 1. The van der Waals surface area contributed by atoms with Gasteiger partial charge in [0.2, 0.25) is 0 Å². The number of rotatable bonds is 6. The second-order valence-electron chi connectivity index (χ2n) is 4.21. The lowest BCUT2D eigenvalue weighted by molar-refractivity contribution is -0.139. The summed E-state index contributed by atoms with van der Waals surface area (Å²) in [6.07, 6.45) is -0.0618. The van der Waals surface area contributed by atoms with Gasteiger partial charge in [-0.2, -0.15) is 0 Å². The van der Waals surface area contributed by atoms with Crippen LogP contribution in [0.15, 0.2) is 18.2 Å². The Morgan fingerprint density at radius 3 is 2.65 bits per heavy atom. The first-order valence-corrected chi connectivity index (χ1v) is 6.03. The quantitative estimate of drug-likeness (QED) is 0.621. The van der Waals surface area contributed by atoms with Crippen molar-refractivity contribution in [2.45, 2.75) is 19.4 Å². The first-order chi connectivity index (χ1) is 9.47. The van der Waals surface area contributed by atoms with Crippen LogP contribution in [-0.4, -0.2) is 42.0 Å². The predicted molar refractivity (Wildman–Crippen MR) is 73.0 cm³/mol. The van der Waals surface area contributed by atoms with E-state index in [4.69, 9.17) is 14.9 Å². The van der Waals surface area contributed by atoms with Crippen LogP contribution in [0.4, 0.5) is 10.5 Å². The number of hydrogen-bond acceptors (Lipinski definition) is 4. The van der Waals surface area contributed by atoms with Crippen LogP contribution in [0.3, 0.4) is 0 Å². The molecule has 20 heavy (non-hydrogen) atoms. The molecule has 0 saturated heterocycles. The number of anilines is 1. The zero-order chi connectivity index (χ0) is 15.1. The molecule has 1 aromatic carbocycles. The Bertz CT molecular complexity index is 490. The number of hydrogen-bond donors (Lipinski definition) is 4. The molecule has 0 aliphatic rings. The number of carbonyl (C=O) groups excluding carboxylic acids is 1. The van der Waals surface area contributed by atoms with E-state index in [0.717, 1.165) is 5.56 Å². The van der Waals surface area contributed by atoms with Crippen molar-refractivity contribution >= 4 is 17.7 Å². The minimum atomic E-state index is -1.20. The molecule has 0 saturated carbocycles. The van der Waals surface area contributed by atoms with Crippen molar-refractivity contribution in [1.82, 2.24) is 5.32 Å². The van der Waals surface area contributed by atoms with Crippen LogP contribution < -0.4 is 15.4 Å². The number of amides is 2. The summed E-state index contributed by atoms with van der Waals surface area (Å²) in [6.45, 7) is 1.53. The van der Waals surface area contributed by atoms with Gasteiger partial charge in [0.15, 0.2) is 0 Å². The fraction of sp³-hybridized carbons (Fsp3) is 0.385. The van der Waals surface area contributed by atoms with E-state index in [-0.39, 0.29) is 13.0 Å². The molecule has 1 atom stereocenters. The number of methoxy groups -OCH3 is 1. The Labute approximate surface area is 116 Å². The summed E-state index contributed by atoms with van der Waals surface area (Å²) >= 11 is 0. The second kappa shape index (κ2) is 7.34. The smallest absolute Gasteiger partial charge is 0.326 e. The third kappa shape index (κ3) is 4.43. The van der Waals surface area contributed by atoms with Gasteiger partial charge < -0.3 is 25.6 Å². The molecule has 1 rings (SSSR count). The third-order valence-corrected chi connectivity index (χ3v) is 2.62. The summed E-state index contributed by atoms with van der Waals surface area (Å²) in [5, 5.41) is 22.4. The fourth-order valence-electron chi connectivity index (χ4n) is 1.62. The van der Waals surface area contributed by atoms with Gasteiger partial charge in [-0.15, -0.1) is 0 Å². The molecule has 0 spiro atoms. The van der Waals surface area contributed by atoms with Crippen LogP contribution in [0, 0.1) is 6.92 Å². The molecular weight excluding hydrogens is 264 g/mol. The van der Waals surface area contributed by atoms with Crippen LogP contribution >= 0.6 is 0 Å². The van der Waals surface area contributed by atoms with Crippen molar-refractivity contribution < 1.29 is 24.5 Å². The molecule has 0 fully saturated rings. The summed E-state index contributed by atoms with van der Waals surface area (Å²) in [5.74, 6) is -0.731. The number of aliphatic hydroxyl groups excluding tert-OH is 1. The maximum atomic E-state index is 11.8. The Hall–Kier alpha value is -2.28. The SMILES string of the molecule is COc1ccc(C)cc1NC(=O)NC(CCO)C(=O)O. The summed E-state index contributed by atoms with van der Waals surface area (Å²) in [4.78, 5) is 22.6. The monoisotopic (exact) mass is 282 g/mol. The van der Waals surface area contributed by atoms with E-state index in [0.29, 0.717) is 11.4 Å². The first-order valence-electron chi connectivity index (χ1n) is 6.03. The number of aliphatic hydroxyl groups is 1. The van der Waals surface area contributed by atoms with Crippen molar-refractivity contribution in [3.05, 3.63) is 23.8 Å². The van der Waals surface area contributed by atoms with Gasteiger partial charge in [-0.3, -0.25) is 0 Å². The number of carboxylic acid groups (broad SMARTS) is 1. The summed E-state index contributed by atoms with van der Waals surface area (Å²) in [7, 11) is 1.47. The Kier molecular flexibility index (Phi) is 5.79. The Morgan fingerprint density at radius 2 is 2.10 bits per heavy atom. The second-order valence-corrected chi connectivity index (χ2v) is 4.21. The molecule has 0 radical (unpaired) electrons. The van der Waals surface area contributed by atoms with Crippen LogP contribution in [0.1, 0.15) is 12.0 Å². The van der Waals surface area contributed by atoms with Crippen molar-refractivity contribution in [1.29, 1.82) is 0 Å². The van der Waals surface area contributed by atoms with Crippen LogP contribution in [0.5, 0.6) is 5.75 Å². The van der Waals surface area contributed by atoms with Gasteiger partial charge >= 0.3 is 12.0 Å². The number of aryl methyl sites for hydroxylation is 1. The molecular formula is C13H18N2O5. The van der Waals surface area contributed by atoms with Crippen LogP contribution in [0.25, 0.3) is 0 Å². The van der Waals surface area contributed by atoms with Gasteiger partial charge in [-0.25, -0.2) is 9.59 Å². The van der Waals surface area contributed by atoms with Crippen LogP contribution in [-0.2, 0) is 4.79 Å². The van der Waals surface area contributed by atoms with Crippen molar-refractivity contribution in [3.8, 4) is 5.75 Å². The molecule has 1 aromatic rings.